The largest absolute Gasteiger partial charge is 0.323 e. The van der Waals surface area contributed by atoms with Crippen molar-refractivity contribution in [3.05, 3.63) is 48.0 Å². The molecule has 0 bridgehead atoms. The average molecular weight is 265 g/mol. The summed E-state index contributed by atoms with van der Waals surface area (Å²) in [5, 5.41) is 20.6. The average Bonchev–Trinajstić information content (AvgIpc) is 2.95. The standard InChI is InChI=1S/C14H11N5O/c1-10(19-7-6-17-13(19)9-16)14(20)18-12-5-3-2-4-11(12)8-15/h2-7,10H,1H3,(H,18,20). The Morgan fingerprint density at radius 2 is 2.10 bits per heavy atom. The van der Waals surface area contributed by atoms with Gasteiger partial charge in [0.1, 0.15) is 18.2 Å². The van der Waals surface area contributed by atoms with Gasteiger partial charge >= 0.3 is 0 Å². The molecule has 1 atom stereocenters. The lowest BCUT2D eigenvalue weighted by Gasteiger charge is -2.14. The Morgan fingerprint density at radius 1 is 1.35 bits per heavy atom. The van der Waals surface area contributed by atoms with E-state index in [-0.39, 0.29) is 11.7 Å². The van der Waals surface area contributed by atoms with Gasteiger partial charge in [-0.15, -0.1) is 0 Å². The van der Waals surface area contributed by atoms with Crippen molar-refractivity contribution in [1.82, 2.24) is 9.55 Å². The lowest BCUT2D eigenvalue weighted by molar-refractivity contribution is -0.118. The third-order valence-electron chi connectivity index (χ3n) is 2.87. The number of carbonyl (C=O) groups excluding carboxylic acids is 1. The van der Waals surface area contributed by atoms with E-state index in [9.17, 15) is 4.79 Å². The number of benzene rings is 1. The SMILES string of the molecule is CC(C(=O)Nc1ccccc1C#N)n1ccnc1C#N. The van der Waals surface area contributed by atoms with Crippen LogP contribution in [0.3, 0.4) is 0 Å². The van der Waals surface area contributed by atoms with E-state index in [0.29, 0.717) is 11.3 Å². The molecule has 1 aromatic carbocycles. The van der Waals surface area contributed by atoms with Crippen molar-refractivity contribution in [2.45, 2.75) is 13.0 Å². The van der Waals surface area contributed by atoms with Gasteiger partial charge in [0.15, 0.2) is 0 Å². The molecule has 0 aliphatic rings. The van der Waals surface area contributed by atoms with Crippen molar-refractivity contribution in [3.63, 3.8) is 0 Å². The Morgan fingerprint density at radius 3 is 2.80 bits per heavy atom. The molecule has 0 saturated heterocycles. The molecule has 0 aliphatic heterocycles. The number of nitrogens with zero attached hydrogens (tertiary/aromatic N) is 4. The summed E-state index contributed by atoms with van der Waals surface area (Å²) in [6.45, 7) is 1.66. The summed E-state index contributed by atoms with van der Waals surface area (Å²) < 4.78 is 1.48. The molecule has 6 nitrogen and oxygen atoms in total. The first-order chi connectivity index (χ1) is 9.67. The van der Waals surface area contributed by atoms with Gasteiger partial charge in [-0.05, 0) is 19.1 Å². The molecular formula is C14H11N5O. The molecule has 6 heteroatoms. The molecule has 2 aromatic rings. The number of carbonyl (C=O) groups is 1. The fourth-order valence-corrected chi connectivity index (χ4v) is 1.77. The van der Waals surface area contributed by atoms with Gasteiger partial charge in [-0.3, -0.25) is 4.79 Å². The Bertz CT molecular complexity index is 720. The first-order valence-electron chi connectivity index (χ1n) is 5.90. The Kier molecular flexibility index (Phi) is 3.78. The molecule has 1 unspecified atom stereocenters. The van der Waals surface area contributed by atoms with Crippen molar-refractivity contribution in [1.29, 1.82) is 10.5 Å². The maximum Gasteiger partial charge on any atom is 0.247 e. The smallest absolute Gasteiger partial charge is 0.247 e. The van der Waals surface area contributed by atoms with Crippen LogP contribution in [-0.2, 0) is 4.79 Å². The second kappa shape index (κ2) is 5.68. The third kappa shape index (κ3) is 2.50. The molecular weight excluding hydrogens is 254 g/mol. The molecule has 1 amide bonds. The van der Waals surface area contributed by atoms with E-state index in [1.54, 1.807) is 37.4 Å². The second-order valence-electron chi connectivity index (χ2n) is 4.09. The molecule has 0 aliphatic carbocycles. The molecule has 98 valence electrons. The number of nitriles is 2. The predicted molar refractivity (Wildman–Crippen MR) is 71.4 cm³/mol. The zero-order valence-electron chi connectivity index (χ0n) is 10.7. The van der Waals surface area contributed by atoms with Gasteiger partial charge in [0, 0.05) is 12.4 Å². The van der Waals surface area contributed by atoms with E-state index in [1.165, 1.54) is 10.8 Å². The zero-order chi connectivity index (χ0) is 14.5. The number of hydrogen-bond acceptors (Lipinski definition) is 4. The fourth-order valence-electron chi connectivity index (χ4n) is 1.77. The molecule has 1 heterocycles. The van der Waals surface area contributed by atoms with Crippen LogP contribution in [0.1, 0.15) is 24.4 Å². The van der Waals surface area contributed by atoms with E-state index in [0.717, 1.165) is 0 Å². The predicted octanol–water partition coefficient (Wildman–Crippen LogP) is 1.83. The van der Waals surface area contributed by atoms with Crippen LogP contribution in [0.5, 0.6) is 0 Å². The number of nitrogens with one attached hydrogen (secondary N) is 1. The molecule has 0 fully saturated rings. The van der Waals surface area contributed by atoms with Gasteiger partial charge < -0.3 is 9.88 Å². The quantitative estimate of drug-likeness (QED) is 0.915. The zero-order valence-corrected chi connectivity index (χ0v) is 10.7. The number of rotatable bonds is 3. The van der Waals surface area contributed by atoms with Crippen LogP contribution in [0.25, 0.3) is 0 Å². The molecule has 1 aromatic heterocycles. The minimum absolute atomic E-state index is 0.168. The van der Waals surface area contributed by atoms with Gasteiger partial charge in [-0.1, -0.05) is 12.1 Å². The van der Waals surface area contributed by atoms with Crippen LogP contribution in [-0.4, -0.2) is 15.5 Å². The Labute approximate surface area is 115 Å². The summed E-state index contributed by atoms with van der Waals surface area (Å²) in [4.78, 5) is 16.0. The van der Waals surface area contributed by atoms with Gasteiger partial charge in [-0.25, -0.2) is 4.98 Å². The van der Waals surface area contributed by atoms with Gasteiger partial charge in [0.2, 0.25) is 11.7 Å². The maximum absolute atomic E-state index is 12.2. The Hall–Kier alpha value is -3.12. The van der Waals surface area contributed by atoms with Gasteiger partial charge in [0.25, 0.3) is 0 Å². The fraction of sp³-hybridized carbons (Fsp3) is 0.143. The van der Waals surface area contributed by atoms with Crippen LogP contribution in [0.2, 0.25) is 0 Å². The molecule has 0 spiro atoms. The summed E-state index contributed by atoms with van der Waals surface area (Å²) >= 11 is 0. The molecule has 20 heavy (non-hydrogen) atoms. The summed E-state index contributed by atoms with van der Waals surface area (Å²) in [7, 11) is 0. The minimum atomic E-state index is -0.598. The minimum Gasteiger partial charge on any atom is -0.323 e. The monoisotopic (exact) mass is 265 g/mol. The summed E-state index contributed by atoms with van der Waals surface area (Å²) in [6.07, 6.45) is 3.03. The highest BCUT2D eigenvalue weighted by atomic mass is 16.2. The number of anilines is 1. The van der Waals surface area contributed by atoms with Crippen molar-refractivity contribution >= 4 is 11.6 Å². The summed E-state index contributed by atoms with van der Waals surface area (Å²) in [5.41, 5.74) is 0.838. The van der Waals surface area contributed by atoms with E-state index in [1.807, 2.05) is 12.1 Å². The maximum atomic E-state index is 12.2. The number of para-hydroxylation sites is 1. The van der Waals surface area contributed by atoms with Crippen molar-refractivity contribution in [2.24, 2.45) is 0 Å². The number of amides is 1. The van der Waals surface area contributed by atoms with Crippen LogP contribution in [0, 0.1) is 22.7 Å². The lowest BCUT2D eigenvalue weighted by atomic mass is 10.2. The first-order valence-corrected chi connectivity index (χ1v) is 5.90. The highest BCUT2D eigenvalue weighted by Gasteiger charge is 2.18. The highest BCUT2D eigenvalue weighted by molar-refractivity contribution is 5.94. The molecule has 0 saturated carbocycles. The van der Waals surface area contributed by atoms with E-state index in [2.05, 4.69) is 10.3 Å². The molecule has 1 N–H and O–H groups in total. The highest BCUT2D eigenvalue weighted by Crippen LogP contribution is 2.17. The van der Waals surface area contributed by atoms with E-state index in [4.69, 9.17) is 10.5 Å². The third-order valence-corrected chi connectivity index (χ3v) is 2.87. The van der Waals surface area contributed by atoms with Gasteiger partial charge in [0.05, 0.1) is 11.3 Å². The summed E-state index contributed by atoms with van der Waals surface area (Å²) in [5.74, 6) is -0.150. The summed E-state index contributed by atoms with van der Waals surface area (Å²) in [6, 6.07) is 10.1. The van der Waals surface area contributed by atoms with Crippen LogP contribution >= 0.6 is 0 Å². The number of hydrogen-bond donors (Lipinski definition) is 1. The van der Waals surface area contributed by atoms with Crippen LogP contribution < -0.4 is 5.32 Å². The number of imidazole rings is 1. The normalized spacial score (nSPS) is 11.2. The van der Waals surface area contributed by atoms with Crippen molar-refractivity contribution in [3.8, 4) is 12.1 Å². The first kappa shape index (κ1) is 13.3. The van der Waals surface area contributed by atoms with E-state index >= 15 is 0 Å². The Balaban J connectivity index is 2.21. The molecule has 0 radical (unpaired) electrons. The second-order valence-corrected chi connectivity index (χ2v) is 4.09. The van der Waals surface area contributed by atoms with Gasteiger partial charge in [-0.2, -0.15) is 10.5 Å². The molecule has 2 rings (SSSR count). The van der Waals surface area contributed by atoms with Crippen LogP contribution in [0.4, 0.5) is 5.69 Å². The van der Waals surface area contributed by atoms with Crippen LogP contribution in [0.15, 0.2) is 36.7 Å². The van der Waals surface area contributed by atoms with Crippen molar-refractivity contribution in [2.75, 3.05) is 5.32 Å². The lowest BCUT2D eigenvalue weighted by Crippen LogP contribution is -2.24. The number of aromatic nitrogens is 2. The van der Waals surface area contributed by atoms with E-state index < -0.39 is 6.04 Å². The van der Waals surface area contributed by atoms with Crippen molar-refractivity contribution < 1.29 is 4.79 Å². The topological polar surface area (TPSA) is 94.5 Å².